The summed E-state index contributed by atoms with van der Waals surface area (Å²) in [5, 5.41) is 4.91. The predicted octanol–water partition coefficient (Wildman–Crippen LogP) is 2.34. The maximum Gasteiger partial charge on any atom is 0.0785 e. The standard InChI is InChI=1S/C14H25ClN4/c1-17(8-10-19-12-13(15)11-16-19)7-9-18(2)14-5-3-4-6-14/h11-12,14H,3-10H2,1-2H3. The van der Waals surface area contributed by atoms with Crippen molar-refractivity contribution in [1.29, 1.82) is 0 Å². The van der Waals surface area contributed by atoms with Gasteiger partial charge in [0, 0.05) is 31.9 Å². The molecule has 2 rings (SSSR count). The van der Waals surface area contributed by atoms with E-state index in [0.717, 1.165) is 32.2 Å². The molecule has 0 N–H and O–H groups in total. The van der Waals surface area contributed by atoms with Gasteiger partial charge in [-0.05, 0) is 26.9 Å². The normalized spacial score (nSPS) is 16.9. The van der Waals surface area contributed by atoms with E-state index in [0.29, 0.717) is 5.02 Å². The van der Waals surface area contributed by atoms with Crippen LogP contribution in [-0.2, 0) is 6.54 Å². The number of hydrogen-bond acceptors (Lipinski definition) is 3. The molecule has 0 aliphatic heterocycles. The van der Waals surface area contributed by atoms with Gasteiger partial charge < -0.3 is 9.80 Å². The topological polar surface area (TPSA) is 24.3 Å². The van der Waals surface area contributed by atoms with Gasteiger partial charge in [0.2, 0.25) is 0 Å². The van der Waals surface area contributed by atoms with Crippen molar-refractivity contribution in [3.63, 3.8) is 0 Å². The SMILES string of the molecule is CN(CCN(C)C1CCCC1)CCn1cc(Cl)cn1. The molecule has 1 heterocycles. The second-order valence-corrected chi connectivity index (χ2v) is 6.08. The second-order valence-electron chi connectivity index (χ2n) is 5.64. The van der Waals surface area contributed by atoms with Crippen LogP contribution in [0, 0.1) is 0 Å². The van der Waals surface area contributed by atoms with E-state index in [2.05, 4.69) is 29.0 Å². The highest BCUT2D eigenvalue weighted by Crippen LogP contribution is 2.21. The van der Waals surface area contributed by atoms with E-state index in [4.69, 9.17) is 11.6 Å². The number of likely N-dealkylation sites (N-methyl/N-ethyl adjacent to an activating group) is 2. The lowest BCUT2D eigenvalue weighted by molar-refractivity contribution is 0.203. The highest BCUT2D eigenvalue weighted by Gasteiger charge is 2.19. The zero-order chi connectivity index (χ0) is 13.7. The van der Waals surface area contributed by atoms with Crippen LogP contribution in [0.15, 0.2) is 12.4 Å². The first-order valence-corrected chi connectivity index (χ1v) is 7.59. The van der Waals surface area contributed by atoms with E-state index in [1.807, 2.05) is 10.9 Å². The Morgan fingerprint density at radius 2 is 2.00 bits per heavy atom. The summed E-state index contributed by atoms with van der Waals surface area (Å²) in [6.07, 6.45) is 9.14. The van der Waals surface area contributed by atoms with Crippen LogP contribution >= 0.6 is 11.6 Å². The first kappa shape index (κ1) is 14.8. The molecule has 0 saturated heterocycles. The number of nitrogens with zero attached hydrogens (tertiary/aromatic N) is 4. The smallest absolute Gasteiger partial charge is 0.0785 e. The largest absolute Gasteiger partial charge is 0.303 e. The summed E-state index contributed by atoms with van der Waals surface area (Å²) in [7, 11) is 4.44. The van der Waals surface area contributed by atoms with Gasteiger partial charge in [-0.2, -0.15) is 5.10 Å². The lowest BCUT2D eigenvalue weighted by Crippen LogP contribution is -2.37. The maximum atomic E-state index is 5.85. The molecule has 0 atom stereocenters. The molecule has 108 valence electrons. The Labute approximate surface area is 121 Å². The molecule has 4 nitrogen and oxygen atoms in total. The van der Waals surface area contributed by atoms with Crippen LogP contribution in [0.3, 0.4) is 0 Å². The molecule has 0 amide bonds. The van der Waals surface area contributed by atoms with Crippen molar-refractivity contribution < 1.29 is 0 Å². The molecule has 1 aliphatic rings. The number of rotatable bonds is 7. The van der Waals surface area contributed by atoms with E-state index in [9.17, 15) is 0 Å². The van der Waals surface area contributed by atoms with Crippen LogP contribution in [0.5, 0.6) is 0 Å². The summed E-state index contributed by atoms with van der Waals surface area (Å²) in [5.74, 6) is 0. The molecule has 19 heavy (non-hydrogen) atoms. The zero-order valence-electron chi connectivity index (χ0n) is 12.1. The zero-order valence-corrected chi connectivity index (χ0v) is 12.8. The molecule has 1 saturated carbocycles. The van der Waals surface area contributed by atoms with Gasteiger partial charge in [0.05, 0.1) is 17.8 Å². The Balaban J connectivity index is 1.62. The fraction of sp³-hybridized carbons (Fsp3) is 0.786. The van der Waals surface area contributed by atoms with Crippen molar-refractivity contribution in [3.05, 3.63) is 17.4 Å². The van der Waals surface area contributed by atoms with Gasteiger partial charge in [-0.15, -0.1) is 0 Å². The lowest BCUT2D eigenvalue weighted by Gasteiger charge is -2.26. The summed E-state index contributed by atoms with van der Waals surface area (Å²) in [6.45, 7) is 4.18. The van der Waals surface area contributed by atoms with E-state index in [-0.39, 0.29) is 0 Å². The Morgan fingerprint density at radius 3 is 2.63 bits per heavy atom. The van der Waals surface area contributed by atoms with Gasteiger partial charge in [-0.25, -0.2) is 0 Å². The summed E-state index contributed by atoms with van der Waals surface area (Å²) in [6, 6.07) is 0.818. The molecule has 0 aromatic carbocycles. The molecule has 0 unspecified atom stereocenters. The van der Waals surface area contributed by atoms with Crippen LogP contribution in [0.25, 0.3) is 0 Å². The van der Waals surface area contributed by atoms with E-state index in [1.165, 1.54) is 25.7 Å². The summed E-state index contributed by atoms with van der Waals surface area (Å²) >= 11 is 5.85. The van der Waals surface area contributed by atoms with E-state index < -0.39 is 0 Å². The van der Waals surface area contributed by atoms with Gasteiger partial charge in [-0.3, -0.25) is 4.68 Å². The predicted molar refractivity (Wildman–Crippen MR) is 79.6 cm³/mol. The quantitative estimate of drug-likeness (QED) is 0.768. The molecule has 0 bridgehead atoms. The van der Waals surface area contributed by atoms with Crippen LogP contribution in [0.4, 0.5) is 0 Å². The first-order valence-electron chi connectivity index (χ1n) is 7.22. The average molecular weight is 285 g/mol. The second kappa shape index (κ2) is 7.27. The summed E-state index contributed by atoms with van der Waals surface area (Å²) < 4.78 is 1.90. The third-order valence-electron chi connectivity index (χ3n) is 4.10. The van der Waals surface area contributed by atoms with E-state index in [1.54, 1.807) is 6.20 Å². The molecule has 0 radical (unpaired) electrons. The van der Waals surface area contributed by atoms with Gasteiger partial charge >= 0.3 is 0 Å². The minimum absolute atomic E-state index is 0.712. The average Bonchev–Trinajstić information content (AvgIpc) is 3.04. The minimum Gasteiger partial charge on any atom is -0.303 e. The molecule has 1 aliphatic carbocycles. The van der Waals surface area contributed by atoms with Gasteiger partial charge in [0.1, 0.15) is 0 Å². The Morgan fingerprint density at radius 1 is 1.26 bits per heavy atom. The Kier molecular flexibility index (Phi) is 5.67. The first-order chi connectivity index (χ1) is 9.15. The Bertz CT molecular complexity index is 373. The summed E-state index contributed by atoms with van der Waals surface area (Å²) in [4.78, 5) is 4.88. The number of hydrogen-bond donors (Lipinski definition) is 0. The third kappa shape index (κ3) is 4.79. The molecule has 1 aromatic rings. The van der Waals surface area contributed by atoms with Gasteiger partial charge in [-0.1, -0.05) is 24.4 Å². The minimum atomic E-state index is 0.712. The van der Waals surface area contributed by atoms with Crippen LogP contribution in [-0.4, -0.2) is 59.4 Å². The number of halogens is 1. The van der Waals surface area contributed by atoms with E-state index >= 15 is 0 Å². The molecule has 5 heteroatoms. The van der Waals surface area contributed by atoms with Gasteiger partial charge in [0.25, 0.3) is 0 Å². The third-order valence-corrected chi connectivity index (χ3v) is 4.29. The molecular formula is C14H25ClN4. The summed E-state index contributed by atoms with van der Waals surface area (Å²) in [5.41, 5.74) is 0. The van der Waals surface area contributed by atoms with Crippen molar-refractivity contribution in [2.45, 2.75) is 38.3 Å². The van der Waals surface area contributed by atoms with Crippen molar-refractivity contribution >= 4 is 11.6 Å². The van der Waals surface area contributed by atoms with Crippen molar-refractivity contribution in [2.24, 2.45) is 0 Å². The Hall–Kier alpha value is -0.580. The van der Waals surface area contributed by atoms with Gasteiger partial charge in [0.15, 0.2) is 0 Å². The van der Waals surface area contributed by atoms with Crippen molar-refractivity contribution in [2.75, 3.05) is 33.7 Å². The lowest BCUT2D eigenvalue weighted by atomic mass is 10.2. The molecule has 0 spiro atoms. The fourth-order valence-electron chi connectivity index (χ4n) is 2.70. The van der Waals surface area contributed by atoms with Crippen LogP contribution < -0.4 is 0 Å². The fourth-order valence-corrected chi connectivity index (χ4v) is 2.86. The van der Waals surface area contributed by atoms with Crippen molar-refractivity contribution in [1.82, 2.24) is 19.6 Å². The molecule has 1 aromatic heterocycles. The van der Waals surface area contributed by atoms with Crippen LogP contribution in [0.2, 0.25) is 5.02 Å². The van der Waals surface area contributed by atoms with Crippen molar-refractivity contribution in [3.8, 4) is 0 Å². The van der Waals surface area contributed by atoms with Crippen LogP contribution in [0.1, 0.15) is 25.7 Å². The highest BCUT2D eigenvalue weighted by atomic mass is 35.5. The monoisotopic (exact) mass is 284 g/mol. The maximum absolute atomic E-state index is 5.85. The highest BCUT2D eigenvalue weighted by molar-refractivity contribution is 6.30. The molecular weight excluding hydrogens is 260 g/mol. The molecule has 1 fully saturated rings. The number of aromatic nitrogens is 2.